The summed E-state index contributed by atoms with van der Waals surface area (Å²) in [5, 5.41) is 5.63. The second kappa shape index (κ2) is 9.02. The Morgan fingerprint density at radius 3 is 2.36 bits per heavy atom. The van der Waals surface area contributed by atoms with E-state index in [1.165, 1.54) is 0 Å². The fraction of sp³-hybridized carbons (Fsp3) is 0.333. The summed E-state index contributed by atoms with van der Waals surface area (Å²) >= 11 is 0. The Labute approximate surface area is 149 Å². The first kappa shape index (κ1) is 18.7. The van der Waals surface area contributed by atoms with Gasteiger partial charge in [-0.25, -0.2) is 0 Å². The zero-order valence-corrected chi connectivity index (χ0v) is 15.1. The van der Waals surface area contributed by atoms with Crippen LogP contribution in [0.3, 0.4) is 0 Å². The number of nitrogens with one attached hydrogen (secondary N) is 2. The normalized spacial score (nSPS) is 10.6. The average molecular weight is 338 g/mol. The highest BCUT2D eigenvalue weighted by Gasteiger charge is 2.12. The minimum absolute atomic E-state index is 0.0144. The molecule has 0 aromatic heterocycles. The molecule has 0 radical (unpaired) electrons. The molecule has 2 rings (SSSR count). The van der Waals surface area contributed by atoms with Crippen molar-refractivity contribution in [1.29, 1.82) is 0 Å². The summed E-state index contributed by atoms with van der Waals surface area (Å²) in [6.45, 7) is 6.14. The van der Waals surface area contributed by atoms with Gasteiger partial charge in [0.2, 0.25) is 11.8 Å². The van der Waals surface area contributed by atoms with Crippen molar-refractivity contribution in [3.63, 3.8) is 0 Å². The van der Waals surface area contributed by atoms with Crippen LogP contribution in [0.25, 0.3) is 0 Å². The molecule has 2 amide bonds. The van der Waals surface area contributed by atoms with Crippen molar-refractivity contribution >= 4 is 17.5 Å². The predicted octanol–water partition coefficient (Wildman–Crippen LogP) is 3.81. The van der Waals surface area contributed by atoms with Crippen LogP contribution in [0.2, 0.25) is 0 Å². The van der Waals surface area contributed by atoms with E-state index in [2.05, 4.69) is 24.5 Å². The number of hydrogen-bond donors (Lipinski definition) is 2. The van der Waals surface area contributed by atoms with Crippen LogP contribution >= 0.6 is 0 Å². The monoisotopic (exact) mass is 338 g/mol. The van der Waals surface area contributed by atoms with Crippen LogP contribution < -0.4 is 10.6 Å². The highest BCUT2D eigenvalue weighted by molar-refractivity contribution is 5.95. The molecule has 0 aliphatic rings. The molecule has 0 heterocycles. The SMILES string of the molecule is Cc1cccc(C(C)C)c1NC(=O)CNC(=O)CCc1ccccc1. The maximum atomic E-state index is 12.2. The zero-order valence-electron chi connectivity index (χ0n) is 15.1. The minimum atomic E-state index is -0.204. The molecule has 4 heteroatoms. The van der Waals surface area contributed by atoms with E-state index in [0.717, 1.165) is 22.4 Å². The number of amides is 2. The Morgan fingerprint density at radius 2 is 1.68 bits per heavy atom. The second-order valence-electron chi connectivity index (χ2n) is 6.50. The molecule has 0 aliphatic carbocycles. The lowest BCUT2D eigenvalue weighted by atomic mass is 9.98. The number of carbonyl (C=O) groups excluding carboxylic acids is 2. The smallest absolute Gasteiger partial charge is 0.243 e. The molecule has 2 aromatic carbocycles. The largest absolute Gasteiger partial charge is 0.347 e. The van der Waals surface area contributed by atoms with E-state index in [1.807, 2.05) is 55.5 Å². The molecule has 4 nitrogen and oxygen atoms in total. The molecule has 0 fully saturated rings. The van der Waals surface area contributed by atoms with Gasteiger partial charge < -0.3 is 10.6 Å². The third kappa shape index (κ3) is 5.75. The first-order valence-electron chi connectivity index (χ1n) is 8.67. The van der Waals surface area contributed by atoms with Gasteiger partial charge in [-0.05, 0) is 36.0 Å². The number of hydrogen-bond acceptors (Lipinski definition) is 2. The first-order chi connectivity index (χ1) is 12.0. The summed E-state index contributed by atoms with van der Waals surface area (Å²) in [6.07, 6.45) is 1.04. The van der Waals surface area contributed by atoms with Crippen LogP contribution in [0, 0.1) is 6.92 Å². The Morgan fingerprint density at radius 1 is 0.960 bits per heavy atom. The highest BCUT2D eigenvalue weighted by atomic mass is 16.2. The van der Waals surface area contributed by atoms with Gasteiger partial charge in [0.25, 0.3) is 0 Å². The lowest BCUT2D eigenvalue weighted by Gasteiger charge is -2.16. The Kier molecular flexibility index (Phi) is 6.75. The van der Waals surface area contributed by atoms with Crippen molar-refractivity contribution in [1.82, 2.24) is 5.32 Å². The van der Waals surface area contributed by atoms with Gasteiger partial charge in [0.15, 0.2) is 0 Å². The summed E-state index contributed by atoms with van der Waals surface area (Å²) in [6, 6.07) is 15.8. The van der Waals surface area contributed by atoms with Gasteiger partial charge in [-0.3, -0.25) is 9.59 Å². The third-order valence-electron chi connectivity index (χ3n) is 4.12. The minimum Gasteiger partial charge on any atom is -0.347 e. The molecule has 0 aliphatic heterocycles. The van der Waals surface area contributed by atoms with Gasteiger partial charge in [-0.2, -0.15) is 0 Å². The summed E-state index contributed by atoms with van der Waals surface area (Å²) in [5.41, 5.74) is 4.09. The molecule has 0 saturated heterocycles. The van der Waals surface area contributed by atoms with Crippen molar-refractivity contribution in [3.8, 4) is 0 Å². The van der Waals surface area contributed by atoms with E-state index in [-0.39, 0.29) is 18.4 Å². The van der Waals surface area contributed by atoms with Crippen LogP contribution in [0.15, 0.2) is 48.5 Å². The van der Waals surface area contributed by atoms with Gasteiger partial charge in [0.05, 0.1) is 6.54 Å². The van der Waals surface area contributed by atoms with E-state index in [4.69, 9.17) is 0 Å². The average Bonchev–Trinajstić information content (AvgIpc) is 2.60. The molecule has 2 N–H and O–H groups in total. The van der Waals surface area contributed by atoms with Crippen LogP contribution in [-0.4, -0.2) is 18.4 Å². The van der Waals surface area contributed by atoms with Gasteiger partial charge in [0, 0.05) is 12.1 Å². The van der Waals surface area contributed by atoms with Crippen LogP contribution in [-0.2, 0) is 16.0 Å². The van der Waals surface area contributed by atoms with E-state index in [9.17, 15) is 9.59 Å². The first-order valence-corrected chi connectivity index (χ1v) is 8.67. The third-order valence-corrected chi connectivity index (χ3v) is 4.12. The van der Waals surface area contributed by atoms with E-state index in [0.29, 0.717) is 18.8 Å². The number of benzene rings is 2. The van der Waals surface area contributed by atoms with Gasteiger partial charge in [-0.15, -0.1) is 0 Å². The zero-order chi connectivity index (χ0) is 18.2. The number of para-hydroxylation sites is 1. The van der Waals surface area contributed by atoms with Crippen molar-refractivity contribution in [2.75, 3.05) is 11.9 Å². The molecular weight excluding hydrogens is 312 g/mol. The van der Waals surface area contributed by atoms with Crippen LogP contribution in [0.5, 0.6) is 0 Å². The summed E-state index contributed by atoms with van der Waals surface area (Å²) in [5.74, 6) is -0.00667. The van der Waals surface area contributed by atoms with Crippen molar-refractivity contribution in [3.05, 3.63) is 65.2 Å². The lowest BCUT2D eigenvalue weighted by molar-refractivity contribution is -0.124. The number of rotatable bonds is 7. The maximum Gasteiger partial charge on any atom is 0.243 e. The molecule has 0 unspecified atom stereocenters. The Hall–Kier alpha value is -2.62. The van der Waals surface area contributed by atoms with Gasteiger partial charge >= 0.3 is 0 Å². The lowest BCUT2D eigenvalue weighted by Crippen LogP contribution is -2.33. The maximum absolute atomic E-state index is 12.2. The molecule has 132 valence electrons. The summed E-state index contributed by atoms with van der Waals surface area (Å²) in [4.78, 5) is 24.1. The molecular formula is C21H26N2O2. The number of anilines is 1. The van der Waals surface area contributed by atoms with E-state index >= 15 is 0 Å². The number of aryl methyl sites for hydroxylation is 2. The standard InChI is InChI=1S/C21H26N2O2/c1-15(2)18-11-7-8-16(3)21(18)23-20(25)14-22-19(24)13-12-17-9-5-4-6-10-17/h4-11,15H,12-14H2,1-3H3,(H,22,24)(H,23,25). The van der Waals surface area contributed by atoms with Crippen molar-refractivity contribution in [2.45, 2.75) is 39.5 Å². The molecule has 25 heavy (non-hydrogen) atoms. The van der Waals surface area contributed by atoms with Gasteiger partial charge in [-0.1, -0.05) is 62.4 Å². The van der Waals surface area contributed by atoms with Crippen LogP contribution in [0.1, 0.15) is 42.9 Å². The topological polar surface area (TPSA) is 58.2 Å². The molecule has 0 saturated carbocycles. The summed E-state index contributed by atoms with van der Waals surface area (Å²) < 4.78 is 0. The number of carbonyl (C=O) groups is 2. The molecule has 0 bridgehead atoms. The molecule has 0 atom stereocenters. The fourth-order valence-corrected chi connectivity index (χ4v) is 2.70. The fourth-order valence-electron chi connectivity index (χ4n) is 2.70. The van der Waals surface area contributed by atoms with Crippen molar-refractivity contribution in [2.24, 2.45) is 0 Å². The second-order valence-corrected chi connectivity index (χ2v) is 6.50. The highest BCUT2D eigenvalue weighted by Crippen LogP contribution is 2.27. The van der Waals surface area contributed by atoms with Gasteiger partial charge in [0.1, 0.15) is 0 Å². The van der Waals surface area contributed by atoms with Crippen LogP contribution in [0.4, 0.5) is 5.69 Å². The summed E-state index contributed by atoms with van der Waals surface area (Å²) in [7, 11) is 0. The predicted molar refractivity (Wildman–Crippen MR) is 102 cm³/mol. The van der Waals surface area contributed by atoms with E-state index < -0.39 is 0 Å². The Bertz CT molecular complexity index is 724. The quantitative estimate of drug-likeness (QED) is 0.806. The Balaban J connectivity index is 1.84. The molecule has 0 spiro atoms. The van der Waals surface area contributed by atoms with E-state index in [1.54, 1.807) is 0 Å². The van der Waals surface area contributed by atoms with Crippen molar-refractivity contribution < 1.29 is 9.59 Å². The molecule has 2 aromatic rings.